The Morgan fingerprint density at radius 2 is 1.62 bits per heavy atom. The van der Waals surface area contributed by atoms with Crippen LogP contribution in [0.15, 0.2) is 46.9 Å². The van der Waals surface area contributed by atoms with Gasteiger partial charge in [0.2, 0.25) is 11.8 Å². The standard InChI is InChI=1S/C19H21BrN2O2/c1-12(2)16-6-4-5-13(3)19(16)22-18(24)11-17(23)21-15-9-7-14(20)8-10-15/h4-10,12H,11H2,1-3H3,(H,21,23)(H,22,24). The van der Waals surface area contributed by atoms with Gasteiger partial charge in [-0.15, -0.1) is 0 Å². The Hall–Kier alpha value is -2.14. The molecule has 0 saturated heterocycles. The molecule has 2 amide bonds. The number of hydrogen-bond acceptors (Lipinski definition) is 2. The van der Waals surface area contributed by atoms with E-state index >= 15 is 0 Å². The van der Waals surface area contributed by atoms with Gasteiger partial charge in [-0.05, 0) is 48.2 Å². The van der Waals surface area contributed by atoms with Gasteiger partial charge in [0.05, 0.1) is 0 Å². The lowest BCUT2D eigenvalue weighted by Crippen LogP contribution is -2.22. The van der Waals surface area contributed by atoms with Gasteiger partial charge in [0, 0.05) is 15.8 Å². The summed E-state index contributed by atoms with van der Waals surface area (Å²) in [7, 11) is 0. The summed E-state index contributed by atoms with van der Waals surface area (Å²) in [5, 5.41) is 5.60. The van der Waals surface area contributed by atoms with Gasteiger partial charge in [-0.25, -0.2) is 0 Å². The molecule has 2 rings (SSSR count). The molecule has 0 aliphatic heterocycles. The zero-order valence-corrected chi connectivity index (χ0v) is 15.6. The molecule has 0 spiro atoms. The monoisotopic (exact) mass is 388 g/mol. The molecule has 2 aromatic carbocycles. The minimum atomic E-state index is -0.338. The molecule has 5 heteroatoms. The lowest BCUT2D eigenvalue weighted by atomic mass is 9.98. The number of carbonyl (C=O) groups is 2. The van der Waals surface area contributed by atoms with E-state index in [1.165, 1.54) is 0 Å². The molecule has 0 saturated carbocycles. The molecule has 0 aromatic heterocycles. The van der Waals surface area contributed by atoms with Crippen LogP contribution < -0.4 is 10.6 Å². The van der Waals surface area contributed by atoms with E-state index in [9.17, 15) is 9.59 Å². The Morgan fingerprint density at radius 1 is 1.00 bits per heavy atom. The van der Waals surface area contributed by atoms with Gasteiger partial charge in [-0.3, -0.25) is 9.59 Å². The number of para-hydroxylation sites is 1. The van der Waals surface area contributed by atoms with E-state index in [-0.39, 0.29) is 24.2 Å². The highest BCUT2D eigenvalue weighted by Crippen LogP contribution is 2.27. The predicted molar refractivity (Wildman–Crippen MR) is 101 cm³/mol. The van der Waals surface area contributed by atoms with Crippen molar-refractivity contribution in [3.8, 4) is 0 Å². The summed E-state index contributed by atoms with van der Waals surface area (Å²) in [5.74, 6) is -0.368. The Balaban J connectivity index is 2.01. The van der Waals surface area contributed by atoms with Crippen LogP contribution in [0.5, 0.6) is 0 Å². The maximum Gasteiger partial charge on any atom is 0.233 e. The number of rotatable bonds is 5. The van der Waals surface area contributed by atoms with Crippen molar-refractivity contribution in [1.29, 1.82) is 0 Å². The van der Waals surface area contributed by atoms with Crippen molar-refractivity contribution in [2.24, 2.45) is 0 Å². The highest BCUT2D eigenvalue weighted by Gasteiger charge is 2.14. The summed E-state index contributed by atoms with van der Waals surface area (Å²) in [6.45, 7) is 6.10. The fraction of sp³-hybridized carbons (Fsp3) is 0.263. The maximum absolute atomic E-state index is 12.2. The molecule has 0 heterocycles. The minimum absolute atomic E-state index is 0.220. The van der Waals surface area contributed by atoms with Crippen molar-refractivity contribution in [1.82, 2.24) is 0 Å². The lowest BCUT2D eigenvalue weighted by molar-refractivity contribution is -0.123. The third-order valence-corrected chi connectivity index (χ3v) is 4.17. The second-order valence-corrected chi connectivity index (χ2v) is 6.89. The van der Waals surface area contributed by atoms with Crippen LogP contribution in [0.2, 0.25) is 0 Å². The largest absolute Gasteiger partial charge is 0.326 e. The first kappa shape index (κ1) is 18.2. The number of carbonyl (C=O) groups excluding carboxylic acids is 2. The molecule has 0 aliphatic carbocycles. The number of hydrogen-bond donors (Lipinski definition) is 2. The third kappa shape index (κ3) is 4.93. The second-order valence-electron chi connectivity index (χ2n) is 5.97. The van der Waals surface area contributed by atoms with Crippen LogP contribution in [-0.2, 0) is 9.59 Å². The number of anilines is 2. The molecule has 2 aromatic rings. The van der Waals surface area contributed by atoms with Gasteiger partial charge in [-0.2, -0.15) is 0 Å². The second kappa shape index (κ2) is 8.11. The molecule has 126 valence electrons. The highest BCUT2D eigenvalue weighted by molar-refractivity contribution is 9.10. The first-order valence-electron chi connectivity index (χ1n) is 7.81. The van der Waals surface area contributed by atoms with Crippen LogP contribution in [0, 0.1) is 6.92 Å². The zero-order chi connectivity index (χ0) is 17.7. The van der Waals surface area contributed by atoms with Crippen molar-refractivity contribution >= 4 is 39.1 Å². The van der Waals surface area contributed by atoms with Gasteiger partial charge >= 0.3 is 0 Å². The van der Waals surface area contributed by atoms with Crippen molar-refractivity contribution in [2.75, 3.05) is 10.6 Å². The average Bonchev–Trinajstić information content (AvgIpc) is 2.51. The number of halogens is 1. The lowest BCUT2D eigenvalue weighted by Gasteiger charge is -2.16. The van der Waals surface area contributed by atoms with Gasteiger partial charge < -0.3 is 10.6 Å². The van der Waals surface area contributed by atoms with Gasteiger partial charge in [0.1, 0.15) is 6.42 Å². The summed E-state index contributed by atoms with van der Waals surface area (Å²) in [4.78, 5) is 24.2. The van der Waals surface area contributed by atoms with Crippen LogP contribution in [0.4, 0.5) is 11.4 Å². The zero-order valence-electron chi connectivity index (χ0n) is 14.0. The van der Waals surface area contributed by atoms with Crippen molar-refractivity contribution in [3.05, 3.63) is 58.1 Å². The topological polar surface area (TPSA) is 58.2 Å². The molecule has 0 aliphatic rings. The normalized spacial score (nSPS) is 10.5. The number of amides is 2. The summed E-state index contributed by atoms with van der Waals surface area (Å²) in [6, 6.07) is 13.1. The summed E-state index contributed by atoms with van der Waals surface area (Å²) < 4.78 is 0.930. The molecule has 4 nitrogen and oxygen atoms in total. The highest BCUT2D eigenvalue weighted by atomic mass is 79.9. The van der Waals surface area contributed by atoms with Gasteiger partial charge in [-0.1, -0.05) is 48.0 Å². The Kier molecular flexibility index (Phi) is 6.15. The summed E-state index contributed by atoms with van der Waals surface area (Å²) in [5.41, 5.74) is 3.52. The van der Waals surface area contributed by atoms with E-state index in [1.807, 2.05) is 37.3 Å². The first-order valence-corrected chi connectivity index (χ1v) is 8.61. The van der Waals surface area contributed by atoms with E-state index in [0.29, 0.717) is 5.69 Å². The van der Waals surface area contributed by atoms with Crippen LogP contribution in [0.1, 0.15) is 37.3 Å². The van der Waals surface area contributed by atoms with Gasteiger partial charge in [0.25, 0.3) is 0 Å². The Morgan fingerprint density at radius 3 is 2.25 bits per heavy atom. The molecule has 0 bridgehead atoms. The molecule has 0 atom stereocenters. The van der Waals surface area contributed by atoms with Crippen molar-refractivity contribution in [3.63, 3.8) is 0 Å². The van der Waals surface area contributed by atoms with E-state index in [0.717, 1.165) is 21.3 Å². The van der Waals surface area contributed by atoms with E-state index < -0.39 is 0 Å². The van der Waals surface area contributed by atoms with Crippen molar-refractivity contribution in [2.45, 2.75) is 33.1 Å². The maximum atomic E-state index is 12.2. The average molecular weight is 389 g/mol. The molecule has 0 fully saturated rings. The Bertz CT molecular complexity index is 740. The van der Waals surface area contributed by atoms with E-state index in [1.54, 1.807) is 12.1 Å². The smallest absolute Gasteiger partial charge is 0.233 e. The SMILES string of the molecule is Cc1cccc(C(C)C)c1NC(=O)CC(=O)Nc1ccc(Br)cc1. The van der Waals surface area contributed by atoms with Crippen LogP contribution in [-0.4, -0.2) is 11.8 Å². The predicted octanol–water partition coefficient (Wildman–Crippen LogP) is 4.85. The third-order valence-electron chi connectivity index (χ3n) is 3.64. The Labute approximate surface area is 150 Å². The molecule has 0 radical (unpaired) electrons. The summed E-state index contributed by atoms with van der Waals surface area (Å²) >= 11 is 3.34. The van der Waals surface area contributed by atoms with Crippen molar-refractivity contribution < 1.29 is 9.59 Å². The fourth-order valence-electron chi connectivity index (χ4n) is 2.41. The minimum Gasteiger partial charge on any atom is -0.326 e. The molecular weight excluding hydrogens is 368 g/mol. The van der Waals surface area contributed by atoms with E-state index in [2.05, 4.69) is 40.4 Å². The van der Waals surface area contributed by atoms with E-state index in [4.69, 9.17) is 0 Å². The van der Waals surface area contributed by atoms with Crippen LogP contribution >= 0.6 is 15.9 Å². The fourth-order valence-corrected chi connectivity index (χ4v) is 2.67. The molecular formula is C19H21BrN2O2. The van der Waals surface area contributed by atoms with Crippen LogP contribution in [0.25, 0.3) is 0 Å². The quantitative estimate of drug-likeness (QED) is 0.719. The molecule has 0 unspecified atom stereocenters. The molecule has 2 N–H and O–H groups in total. The van der Waals surface area contributed by atoms with Gasteiger partial charge in [0.15, 0.2) is 0 Å². The first-order chi connectivity index (χ1) is 11.4. The van der Waals surface area contributed by atoms with Crippen LogP contribution in [0.3, 0.4) is 0 Å². The molecule has 24 heavy (non-hydrogen) atoms. The number of aryl methyl sites for hydroxylation is 1. The number of nitrogens with one attached hydrogen (secondary N) is 2. The number of benzene rings is 2. The summed E-state index contributed by atoms with van der Waals surface area (Å²) in [6.07, 6.45) is -0.220.